The third kappa shape index (κ3) is 6.26. The Morgan fingerprint density at radius 3 is 2.24 bits per heavy atom. The van der Waals surface area contributed by atoms with E-state index in [0.717, 1.165) is 5.56 Å². The van der Waals surface area contributed by atoms with Gasteiger partial charge in [-0.15, -0.1) is 0 Å². The van der Waals surface area contributed by atoms with Crippen LogP contribution in [0.15, 0.2) is 23.1 Å². The van der Waals surface area contributed by atoms with E-state index in [-0.39, 0.29) is 16.7 Å². The minimum atomic E-state index is -3.87. The lowest BCUT2D eigenvalue weighted by Gasteiger charge is -2.34. The van der Waals surface area contributed by atoms with Crippen molar-refractivity contribution in [2.45, 2.75) is 63.1 Å². The van der Waals surface area contributed by atoms with Gasteiger partial charge in [0, 0.05) is 19.3 Å². The number of benzene rings is 1. The summed E-state index contributed by atoms with van der Waals surface area (Å²) in [4.78, 5) is 14.9. The van der Waals surface area contributed by atoms with E-state index in [4.69, 9.17) is 0 Å². The molecule has 1 amide bonds. The Bertz CT molecular complexity index is 947. The van der Waals surface area contributed by atoms with Gasteiger partial charge in [-0.2, -0.15) is 4.72 Å². The molecule has 0 saturated carbocycles. The Kier molecular flexibility index (Phi) is 7.51. The predicted octanol–water partition coefficient (Wildman–Crippen LogP) is 2.03. The van der Waals surface area contributed by atoms with Crippen LogP contribution in [-0.2, 0) is 24.7 Å². The summed E-state index contributed by atoms with van der Waals surface area (Å²) in [5, 5.41) is -0.443. The monoisotopic (exact) mass is 444 g/mol. The third-order valence-electron chi connectivity index (χ3n) is 5.29. The van der Waals surface area contributed by atoms with Crippen molar-refractivity contribution in [3.05, 3.63) is 29.3 Å². The Morgan fingerprint density at radius 2 is 1.72 bits per heavy atom. The van der Waals surface area contributed by atoms with Crippen molar-refractivity contribution < 1.29 is 21.6 Å². The number of rotatable bonds is 7. The van der Waals surface area contributed by atoms with Crippen LogP contribution in [0, 0.1) is 19.8 Å². The van der Waals surface area contributed by atoms with Crippen molar-refractivity contribution in [3.63, 3.8) is 0 Å². The highest BCUT2D eigenvalue weighted by Gasteiger charge is 2.34. The van der Waals surface area contributed by atoms with Crippen LogP contribution in [0.1, 0.15) is 44.2 Å². The molecule has 1 aromatic rings. The van der Waals surface area contributed by atoms with Crippen LogP contribution in [-0.4, -0.2) is 58.3 Å². The molecule has 1 fully saturated rings. The van der Waals surface area contributed by atoms with Gasteiger partial charge in [0.25, 0.3) is 0 Å². The summed E-state index contributed by atoms with van der Waals surface area (Å²) in [6, 6.07) is 4.32. The van der Waals surface area contributed by atoms with E-state index in [0.29, 0.717) is 37.9 Å². The minimum absolute atomic E-state index is 0.110. The van der Waals surface area contributed by atoms with Gasteiger partial charge in [0.05, 0.1) is 10.1 Å². The Hall–Kier alpha value is -1.45. The lowest BCUT2D eigenvalue weighted by Crippen LogP contribution is -2.52. The molecule has 1 aliphatic rings. The molecule has 0 bridgehead atoms. The first-order valence-electron chi connectivity index (χ1n) is 9.88. The van der Waals surface area contributed by atoms with Gasteiger partial charge >= 0.3 is 0 Å². The summed E-state index contributed by atoms with van der Waals surface area (Å²) >= 11 is 0. The van der Waals surface area contributed by atoms with E-state index in [1.54, 1.807) is 24.0 Å². The zero-order chi connectivity index (χ0) is 22.0. The lowest BCUT2D eigenvalue weighted by atomic mass is 10.0. The maximum atomic E-state index is 13.1. The maximum Gasteiger partial charge on any atom is 0.241 e. The zero-order valence-electron chi connectivity index (χ0n) is 17.8. The smallest absolute Gasteiger partial charge is 0.241 e. The number of likely N-dealkylation sites (tertiary alicyclic amines) is 1. The SMILES string of the molecule is Cc1ccc(C)c(S(=O)(=O)NC(CC(C)C)C(=O)N2CCC(S(C)(=O)=O)CC2)c1. The minimum Gasteiger partial charge on any atom is -0.341 e. The van der Waals surface area contributed by atoms with Crippen LogP contribution in [0.2, 0.25) is 0 Å². The number of amides is 1. The highest BCUT2D eigenvalue weighted by Crippen LogP contribution is 2.21. The number of carbonyl (C=O) groups excluding carboxylic acids is 1. The van der Waals surface area contributed by atoms with Gasteiger partial charge in [-0.05, 0) is 56.2 Å². The van der Waals surface area contributed by atoms with E-state index in [2.05, 4.69) is 4.72 Å². The largest absolute Gasteiger partial charge is 0.341 e. The maximum absolute atomic E-state index is 13.1. The van der Waals surface area contributed by atoms with Crippen molar-refractivity contribution in [2.75, 3.05) is 19.3 Å². The van der Waals surface area contributed by atoms with Gasteiger partial charge in [0.1, 0.15) is 15.9 Å². The summed E-state index contributed by atoms with van der Waals surface area (Å²) in [5.41, 5.74) is 1.44. The molecule has 1 heterocycles. The molecule has 0 aromatic heterocycles. The topological polar surface area (TPSA) is 101 Å². The molecule has 1 aliphatic heterocycles. The molecule has 1 atom stereocenters. The van der Waals surface area contributed by atoms with Crippen LogP contribution in [0.25, 0.3) is 0 Å². The Morgan fingerprint density at radius 1 is 1.14 bits per heavy atom. The number of carbonyl (C=O) groups is 1. The normalized spacial score (nSPS) is 17.5. The van der Waals surface area contributed by atoms with E-state index < -0.39 is 31.2 Å². The van der Waals surface area contributed by atoms with Crippen LogP contribution in [0.4, 0.5) is 0 Å². The molecule has 7 nitrogen and oxygen atoms in total. The van der Waals surface area contributed by atoms with Gasteiger partial charge in [-0.3, -0.25) is 4.79 Å². The molecular formula is C20H32N2O5S2. The number of piperidine rings is 1. The molecule has 29 heavy (non-hydrogen) atoms. The fourth-order valence-electron chi connectivity index (χ4n) is 3.64. The first kappa shape index (κ1) is 23.8. The number of nitrogens with zero attached hydrogens (tertiary/aromatic N) is 1. The summed E-state index contributed by atoms with van der Waals surface area (Å²) in [6.45, 7) is 8.04. The Balaban J connectivity index is 2.21. The molecule has 1 aromatic carbocycles. The van der Waals surface area contributed by atoms with Crippen molar-refractivity contribution in [2.24, 2.45) is 5.92 Å². The number of hydrogen-bond acceptors (Lipinski definition) is 5. The fourth-order valence-corrected chi connectivity index (χ4v) is 6.24. The third-order valence-corrected chi connectivity index (χ3v) is 8.59. The summed E-state index contributed by atoms with van der Waals surface area (Å²) in [6.07, 6.45) is 2.34. The number of sulfone groups is 1. The molecule has 1 N–H and O–H groups in total. The van der Waals surface area contributed by atoms with Gasteiger partial charge in [-0.1, -0.05) is 26.0 Å². The molecule has 1 saturated heterocycles. The number of hydrogen-bond donors (Lipinski definition) is 1. The average Bonchev–Trinajstić information content (AvgIpc) is 2.61. The van der Waals surface area contributed by atoms with Crippen molar-refractivity contribution >= 4 is 25.8 Å². The summed E-state index contributed by atoms with van der Waals surface area (Å²) in [7, 11) is -7.01. The molecule has 164 valence electrons. The van der Waals surface area contributed by atoms with Gasteiger partial charge in [0.2, 0.25) is 15.9 Å². The predicted molar refractivity (Wildman–Crippen MR) is 114 cm³/mol. The quantitative estimate of drug-likeness (QED) is 0.694. The molecule has 2 rings (SSSR count). The van der Waals surface area contributed by atoms with Crippen LogP contribution >= 0.6 is 0 Å². The second-order valence-electron chi connectivity index (χ2n) is 8.43. The van der Waals surface area contributed by atoms with Crippen molar-refractivity contribution in [1.82, 2.24) is 9.62 Å². The molecule has 1 unspecified atom stereocenters. The first-order chi connectivity index (χ1) is 13.3. The van der Waals surface area contributed by atoms with Crippen molar-refractivity contribution in [3.8, 4) is 0 Å². The molecule has 0 radical (unpaired) electrons. The number of sulfonamides is 1. The lowest BCUT2D eigenvalue weighted by molar-refractivity contribution is -0.134. The average molecular weight is 445 g/mol. The second kappa shape index (κ2) is 9.14. The van der Waals surface area contributed by atoms with E-state index >= 15 is 0 Å². The molecule has 9 heteroatoms. The molecule has 0 spiro atoms. The van der Waals surface area contributed by atoms with Crippen LogP contribution in [0.5, 0.6) is 0 Å². The zero-order valence-corrected chi connectivity index (χ0v) is 19.4. The van der Waals surface area contributed by atoms with Crippen LogP contribution < -0.4 is 4.72 Å². The summed E-state index contributed by atoms with van der Waals surface area (Å²) < 4.78 is 52.1. The van der Waals surface area contributed by atoms with Gasteiger partial charge < -0.3 is 4.90 Å². The molecule has 0 aliphatic carbocycles. The summed E-state index contributed by atoms with van der Waals surface area (Å²) in [5.74, 6) is -0.182. The van der Waals surface area contributed by atoms with Gasteiger partial charge in [0.15, 0.2) is 0 Å². The fraction of sp³-hybridized carbons (Fsp3) is 0.650. The van der Waals surface area contributed by atoms with E-state index in [9.17, 15) is 21.6 Å². The van der Waals surface area contributed by atoms with Crippen LogP contribution in [0.3, 0.4) is 0 Å². The highest BCUT2D eigenvalue weighted by molar-refractivity contribution is 7.91. The van der Waals surface area contributed by atoms with Gasteiger partial charge in [-0.25, -0.2) is 16.8 Å². The standard InChI is InChI=1S/C20H32N2O5S2/c1-14(2)12-18(20(23)22-10-8-17(9-11-22)28(5,24)25)21-29(26,27)19-13-15(3)6-7-16(19)4/h6-7,13-14,17-18,21H,8-12H2,1-5H3. The first-order valence-corrected chi connectivity index (χ1v) is 13.3. The molecular weight excluding hydrogens is 412 g/mol. The number of nitrogens with one attached hydrogen (secondary N) is 1. The second-order valence-corrected chi connectivity index (χ2v) is 12.4. The van der Waals surface area contributed by atoms with E-state index in [1.165, 1.54) is 6.26 Å². The van der Waals surface area contributed by atoms with E-state index in [1.807, 2.05) is 26.8 Å². The highest BCUT2D eigenvalue weighted by atomic mass is 32.2. The Labute approximate surface area is 174 Å². The van der Waals surface area contributed by atoms with Crippen molar-refractivity contribution in [1.29, 1.82) is 0 Å². The number of aryl methyl sites for hydroxylation is 2.